The maximum Gasteiger partial charge on any atom is 0.409 e. The lowest BCUT2D eigenvalue weighted by molar-refractivity contribution is 0.0788. The molecule has 1 aliphatic rings. The smallest absolute Gasteiger partial charge is 0.409 e. The standard InChI is InChI=1S/C15H32N3O6P/c1-16(2)25(21,22-3)18-9-7-17(8-10-18)15(20)24-13-6-4-5-12-23-14-11-19/h19H,4-14H2,1-3H3. The zero-order valence-corrected chi connectivity index (χ0v) is 16.4. The number of unbranched alkanes of at least 4 members (excludes halogenated alkanes) is 2. The average Bonchev–Trinajstić information content (AvgIpc) is 2.63. The number of carbonyl (C=O) groups excluding carboxylic acids is 1. The van der Waals surface area contributed by atoms with Crippen molar-refractivity contribution in [1.29, 1.82) is 0 Å². The van der Waals surface area contributed by atoms with Gasteiger partial charge in [-0.15, -0.1) is 0 Å². The van der Waals surface area contributed by atoms with Crippen LogP contribution in [0, 0.1) is 0 Å². The predicted molar refractivity (Wildman–Crippen MR) is 94.6 cm³/mol. The Morgan fingerprint density at radius 2 is 1.72 bits per heavy atom. The largest absolute Gasteiger partial charge is 0.449 e. The zero-order valence-electron chi connectivity index (χ0n) is 15.6. The number of carbonyl (C=O) groups is 1. The van der Waals surface area contributed by atoms with Gasteiger partial charge in [0.15, 0.2) is 0 Å². The average molecular weight is 381 g/mol. The van der Waals surface area contributed by atoms with E-state index in [1.54, 1.807) is 28.3 Å². The lowest BCUT2D eigenvalue weighted by atomic mass is 10.2. The first-order valence-electron chi connectivity index (χ1n) is 8.65. The second-order valence-corrected chi connectivity index (χ2v) is 8.68. The highest BCUT2D eigenvalue weighted by atomic mass is 31.2. The topological polar surface area (TPSA) is 91.8 Å². The van der Waals surface area contributed by atoms with Crippen molar-refractivity contribution in [2.45, 2.75) is 19.3 Å². The van der Waals surface area contributed by atoms with Crippen LogP contribution in [0.25, 0.3) is 0 Å². The Bertz CT molecular complexity index is 429. The van der Waals surface area contributed by atoms with Gasteiger partial charge in [-0.05, 0) is 33.4 Å². The fourth-order valence-electron chi connectivity index (χ4n) is 2.56. The van der Waals surface area contributed by atoms with Gasteiger partial charge in [0, 0.05) is 39.9 Å². The fraction of sp³-hybridized carbons (Fsp3) is 0.933. The SMILES string of the molecule is COP(=O)(N(C)C)N1CCN(C(=O)OCCCCCOCCO)CC1. The molecule has 1 saturated heterocycles. The van der Waals surface area contributed by atoms with Gasteiger partial charge < -0.3 is 24.0 Å². The van der Waals surface area contributed by atoms with Crippen LogP contribution in [-0.4, -0.2) is 99.3 Å². The number of aliphatic hydroxyl groups excluding tert-OH is 1. The third kappa shape index (κ3) is 7.21. The zero-order chi connectivity index (χ0) is 18.7. The summed E-state index contributed by atoms with van der Waals surface area (Å²) in [5, 5.41) is 8.58. The molecule has 1 rings (SSSR count). The number of ether oxygens (including phenoxy) is 2. The van der Waals surface area contributed by atoms with Crippen molar-refractivity contribution < 1.29 is 28.5 Å². The van der Waals surface area contributed by atoms with E-state index in [0.717, 1.165) is 19.3 Å². The van der Waals surface area contributed by atoms with Crippen LogP contribution in [0.3, 0.4) is 0 Å². The van der Waals surface area contributed by atoms with Crippen LogP contribution in [0.4, 0.5) is 4.79 Å². The molecule has 148 valence electrons. The number of amides is 1. The summed E-state index contributed by atoms with van der Waals surface area (Å²) in [5.74, 6) is 0. The molecule has 0 spiro atoms. The molecule has 0 aliphatic carbocycles. The summed E-state index contributed by atoms with van der Waals surface area (Å²) in [6.45, 7) is 3.31. The van der Waals surface area contributed by atoms with Crippen LogP contribution in [-0.2, 0) is 18.6 Å². The molecule has 0 saturated carbocycles. The van der Waals surface area contributed by atoms with Gasteiger partial charge in [-0.1, -0.05) is 0 Å². The minimum Gasteiger partial charge on any atom is -0.449 e. The van der Waals surface area contributed by atoms with Gasteiger partial charge >= 0.3 is 13.8 Å². The van der Waals surface area contributed by atoms with Crippen molar-refractivity contribution in [3.8, 4) is 0 Å². The first-order valence-corrected chi connectivity index (χ1v) is 10.2. The van der Waals surface area contributed by atoms with Crippen molar-refractivity contribution in [2.75, 3.05) is 73.8 Å². The molecule has 1 fully saturated rings. The van der Waals surface area contributed by atoms with Gasteiger partial charge in [0.25, 0.3) is 0 Å². The Balaban J connectivity index is 2.20. The number of rotatable bonds is 11. The first-order chi connectivity index (χ1) is 12.0. The van der Waals surface area contributed by atoms with Crippen LogP contribution in [0.15, 0.2) is 0 Å². The van der Waals surface area contributed by atoms with Crippen LogP contribution in [0.2, 0.25) is 0 Å². The molecule has 1 unspecified atom stereocenters. The number of hydrogen-bond acceptors (Lipinski definition) is 6. The fourth-order valence-corrected chi connectivity index (χ4v) is 4.31. The number of piperazine rings is 1. The maximum atomic E-state index is 12.7. The molecule has 0 radical (unpaired) electrons. The minimum absolute atomic E-state index is 0.0409. The van der Waals surface area contributed by atoms with E-state index in [9.17, 15) is 9.36 Å². The van der Waals surface area contributed by atoms with E-state index in [2.05, 4.69) is 0 Å². The molecule has 1 amide bonds. The van der Waals surface area contributed by atoms with Gasteiger partial charge in [-0.2, -0.15) is 0 Å². The molecule has 1 aliphatic heterocycles. The molecule has 10 heteroatoms. The quantitative estimate of drug-likeness (QED) is 0.422. The van der Waals surface area contributed by atoms with E-state index >= 15 is 0 Å². The molecule has 25 heavy (non-hydrogen) atoms. The van der Waals surface area contributed by atoms with Crippen LogP contribution < -0.4 is 0 Å². The van der Waals surface area contributed by atoms with Crippen molar-refractivity contribution in [3.05, 3.63) is 0 Å². The highest BCUT2D eigenvalue weighted by molar-refractivity contribution is 7.53. The molecule has 0 bridgehead atoms. The highest BCUT2D eigenvalue weighted by Crippen LogP contribution is 2.51. The van der Waals surface area contributed by atoms with E-state index in [1.165, 1.54) is 7.11 Å². The third-order valence-electron chi connectivity index (χ3n) is 4.01. The van der Waals surface area contributed by atoms with Crippen molar-refractivity contribution in [2.24, 2.45) is 0 Å². The Morgan fingerprint density at radius 3 is 2.28 bits per heavy atom. The summed E-state index contributed by atoms with van der Waals surface area (Å²) in [7, 11) is 1.90. The van der Waals surface area contributed by atoms with Crippen molar-refractivity contribution in [1.82, 2.24) is 14.2 Å². The Kier molecular flexibility index (Phi) is 10.6. The Labute approximate surface area is 150 Å². The lowest BCUT2D eigenvalue weighted by Gasteiger charge is -2.39. The minimum atomic E-state index is -2.99. The van der Waals surface area contributed by atoms with Crippen molar-refractivity contribution in [3.63, 3.8) is 0 Å². The molecule has 0 aromatic heterocycles. The van der Waals surface area contributed by atoms with E-state index in [0.29, 0.717) is 46.0 Å². The Hall–Kier alpha value is -0.700. The molecule has 1 heterocycles. The molecule has 0 aromatic rings. The van der Waals surface area contributed by atoms with Gasteiger partial charge in [0.1, 0.15) is 0 Å². The monoisotopic (exact) mass is 381 g/mol. The van der Waals surface area contributed by atoms with E-state index in [-0.39, 0.29) is 12.7 Å². The summed E-state index contributed by atoms with van der Waals surface area (Å²) < 4.78 is 31.7. The summed E-state index contributed by atoms with van der Waals surface area (Å²) in [6, 6.07) is 0. The van der Waals surface area contributed by atoms with Crippen LogP contribution in [0.1, 0.15) is 19.3 Å². The van der Waals surface area contributed by atoms with Crippen molar-refractivity contribution >= 4 is 13.8 Å². The number of nitrogens with zero attached hydrogens (tertiary/aromatic N) is 3. The van der Waals surface area contributed by atoms with Gasteiger partial charge in [0.2, 0.25) is 0 Å². The molecular weight excluding hydrogens is 349 g/mol. The van der Waals surface area contributed by atoms with E-state index in [4.69, 9.17) is 19.1 Å². The predicted octanol–water partition coefficient (Wildman–Crippen LogP) is 1.24. The Morgan fingerprint density at radius 1 is 1.08 bits per heavy atom. The third-order valence-corrected chi connectivity index (χ3v) is 6.61. The molecule has 0 aromatic carbocycles. The normalized spacial score (nSPS) is 18.4. The van der Waals surface area contributed by atoms with Gasteiger partial charge in [0.05, 0.1) is 19.8 Å². The second kappa shape index (κ2) is 11.8. The number of aliphatic hydroxyl groups is 1. The first kappa shape index (κ1) is 22.3. The summed E-state index contributed by atoms with van der Waals surface area (Å²) in [5.41, 5.74) is 0. The summed E-state index contributed by atoms with van der Waals surface area (Å²) >= 11 is 0. The maximum absolute atomic E-state index is 12.7. The summed E-state index contributed by atoms with van der Waals surface area (Å²) in [6.07, 6.45) is 2.25. The summed E-state index contributed by atoms with van der Waals surface area (Å²) in [4.78, 5) is 13.7. The van der Waals surface area contributed by atoms with Crippen LogP contribution in [0.5, 0.6) is 0 Å². The highest BCUT2D eigenvalue weighted by Gasteiger charge is 2.36. The molecule has 1 N–H and O–H groups in total. The molecule has 9 nitrogen and oxygen atoms in total. The van der Waals surface area contributed by atoms with E-state index in [1.807, 2.05) is 0 Å². The lowest BCUT2D eigenvalue weighted by Crippen LogP contribution is -2.48. The van der Waals surface area contributed by atoms with E-state index < -0.39 is 7.67 Å². The van der Waals surface area contributed by atoms with Crippen LogP contribution >= 0.6 is 7.67 Å². The second-order valence-electron chi connectivity index (χ2n) is 5.97. The molecular formula is C15H32N3O6P. The number of hydrogen-bond donors (Lipinski definition) is 1. The molecule has 1 atom stereocenters. The van der Waals surface area contributed by atoms with Gasteiger partial charge in [-0.3, -0.25) is 4.57 Å². The van der Waals surface area contributed by atoms with Gasteiger partial charge in [-0.25, -0.2) is 14.1 Å².